The molecule has 19 heavy (non-hydrogen) atoms. The van der Waals surface area contributed by atoms with Crippen LogP contribution >= 0.6 is 42.5 Å². The number of hydrogen-bond acceptors (Lipinski definition) is 4. The molecule has 0 spiro atoms. The van der Waals surface area contributed by atoms with Gasteiger partial charge in [0.25, 0.3) is 15.0 Å². The fraction of sp³-hybridized carbons (Fsp3) is 0.300. The number of nitrogens with zero attached hydrogens (tertiary/aromatic N) is 1. The second-order valence-electron chi connectivity index (χ2n) is 3.73. The van der Waals surface area contributed by atoms with Gasteiger partial charge in [0.15, 0.2) is 6.61 Å². The molecule has 0 aliphatic carbocycles. The summed E-state index contributed by atoms with van der Waals surface area (Å²) in [4.78, 5) is 12.7. The van der Waals surface area contributed by atoms with Gasteiger partial charge >= 0.3 is 0 Å². The Morgan fingerprint density at radius 3 is 2.16 bits per heavy atom. The molecule has 0 heterocycles. The van der Waals surface area contributed by atoms with Crippen LogP contribution < -0.4 is 4.74 Å². The van der Waals surface area contributed by atoms with E-state index in [1.54, 1.807) is 14.1 Å². The molecule has 0 aromatic heterocycles. The summed E-state index contributed by atoms with van der Waals surface area (Å²) in [6, 6.07) is 2.62. The minimum absolute atomic E-state index is 0.0702. The van der Waals surface area contributed by atoms with Crippen LogP contribution in [0.5, 0.6) is 5.75 Å². The summed E-state index contributed by atoms with van der Waals surface area (Å²) < 4.78 is 28.6. The maximum absolute atomic E-state index is 11.4. The summed E-state index contributed by atoms with van der Waals surface area (Å²) in [7, 11) is 4.65. The Labute approximate surface area is 132 Å². The zero-order chi connectivity index (χ0) is 14.8. The summed E-state index contributed by atoms with van der Waals surface area (Å²) in [5.74, 6) is 0.118. The summed E-state index contributed by atoms with van der Waals surface area (Å²) in [6.07, 6.45) is 0. The van der Waals surface area contributed by atoms with Crippen molar-refractivity contribution in [3.8, 4) is 5.75 Å². The van der Waals surface area contributed by atoms with Crippen LogP contribution in [0.1, 0.15) is 0 Å². The Morgan fingerprint density at radius 1 is 1.32 bits per heavy atom. The van der Waals surface area contributed by atoms with E-state index in [4.69, 9.17) is 15.4 Å². The lowest BCUT2D eigenvalue weighted by Gasteiger charge is -2.14. The topological polar surface area (TPSA) is 63.7 Å². The van der Waals surface area contributed by atoms with Crippen molar-refractivity contribution in [2.45, 2.75) is 4.90 Å². The fourth-order valence-corrected chi connectivity index (χ4v) is 3.58. The van der Waals surface area contributed by atoms with Gasteiger partial charge in [-0.3, -0.25) is 4.79 Å². The van der Waals surface area contributed by atoms with Gasteiger partial charge < -0.3 is 9.64 Å². The van der Waals surface area contributed by atoms with Gasteiger partial charge in [-0.25, -0.2) is 8.42 Å². The van der Waals surface area contributed by atoms with Crippen molar-refractivity contribution < 1.29 is 17.9 Å². The van der Waals surface area contributed by atoms with Crippen LogP contribution in [0, 0.1) is 0 Å². The van der Waals surface area contributed by atoms with E-state index in [-0.39, 0.29) is 17.4 Å². The SMILES string of the molecule is CN(C)C(=O)COc1c(Br)cc(S(=O)(=O)Cl)cc1Br. The molecule has 1 aromatic carbocycles. The van der Waals surface area contributed by atoms with E-state index in [1.807, 2.05) is 0 Å². The van der Waals surface area contributed by atoms with Crippen LogP contribution in [0.3, 0.4) is 0 Å². The Balaban J connectivity index is 3.02. The third-order valence-corrected chi connectivity index (χ3v) is 4.60. The van der Waals surface area contributed by atoms with Gasteiger partial charge in [-0.15, -0.1) is 0 Å². The van der Waals surface area contributed by atoms with E-state index >= 15 is 0 Å². The fourth-order valence-electron chi connectivity index (χ4n) is 1.08. The van der Waals surface area contributed by atoms with Gasteiger partial charge in [-0.05, 0) is 44.0 Å². The predicted octanol–water partition coefficient (Wildman–Crippen LogP) is 2.61. The quantitative estimate of drug-likeness (QED) is 0.682. The molecule has 0 radical (unpaired) electrons. The molecule has 0 saturated heterocycles. The predicted molar refractivity (Wildman–Crippen MR) is 79.1 cm³/mol. The van der Waals surface area contributed by atoms with Gasteiger partial charge in [-0.1, -0.05) is 0 Å². The van der Waals surface area contributed by atoms with Crippen molar-refractivity contribution in [1.82, 2.24) is 4.90 Å². The van der Waals surface area contributed by atoms with E-state index in [0.29, 0.717) is 14.7 Å². The smallest absolute Gasteiger partial charge is 0.261 e. The van der Waals surface area contributed by atoms with E-state index in [2.05, 4.69) is 31.9 Å². The van der Waals surface area contributed by atoms with Crippen LogP contribution in [0.4, 0.5) is 0 Å². The minimum atomic E-state index is -3.83. The largest absolute Gasteiger partial charge is 0.481 e. The number of benzene rings is 1. The van der Waals surface area contributed by atoms with Gasteiger partial charge in [0, 0.05) is 24.8 Å². The van der Waals surface area contributed by atoms with Gasteiger partial charge in [-0.2, -0.15) is 0 Å². The Morgan fingerprint density at radius 2 is 1.79 bits per heavy atom. The summed E-state index contributed by atoms with van der Waals surface area (Å²) in [6.45, 7) is -0.156. The van der Waals surface area contributed by atoms with E-state index in [9.17, 15) is 13.2 Å². The highest BCUT2D eigenvalue weighted by Gasteiger charge is 2.17. The Hall–Kier alpha value is -0.310. The number of amides is 1. The van der Waals surface area contributed by atoms with Crippen molar-refractivity contribution in [1.29, 1.82) is 0 Å². The van der Waals surface area contributed by atoms with Crippen LogP contribution in [0.2, 0.25) is 0 Å². The van der Waals surface area contributed by atoms with Crippen molar-refractivity contribution in [2.24, 2.45) is 0 Å². The lowest BCUT2D eigenvalue weighted by atomic mass is 10.3. The summed E-state index contributed by atoms with van der Waals surface area (Å²) >= 11 is 6.35. The van der Waals surface area contributed by atoms with Gasteiger partial charge in [0.1, 0.15) is 5.75 Å². The maximum Gasteiger partial charge on any atom is 0.261 e. The van der Waals surface area contributed by atoms with Gasteiger partial charge in [0.2, 0.25) is 0 Å². The molecule has 0 atom stereocenters. The molecule has 1 amide bonds. The number of hydrogen-bond donors (Lipinski definition) is 0. The minimum Gasteiger partial charge on any atom is -0.481 e. The molecule has 1 rings (SSSR count). The number of halogens is 3. The van der Waals surface area contributed by atoms with E-state index < -0.39 is 9.05 Å². The normalized spacial score (nSPS) is 11.2. The number of carbonyl (C=O) groups excluding carboxylic acids is 1. The summed E-state index contributed by atoms with van der Waals surface area (Å²) in [5.41, 5.74) is 0. The molecule has 0 aliphatic heterocycles. The number of likely N-dealkylation sites (N-methyl/N-ethyl adjacent to an activating group) is 1. The molecule has 9 heteroatoms. The first kappa shape index (κ1) is 16.7. The highest BCUT2D eigenvalue weighted by Crippen LogP contribution is 2.36. The average Bonchev–Trinajstić information content (AvgIpc) is 2.25. The molecule has 0 unspecified atom stereocenters. The number of ether oxygens (including phenoxy) is 1. The lowest BCUT2D eigenvalue weighted by Crippen LogP contribution is -2.27. The molecule has 0 aliphatic rings. The third-order valence-electron chi connectivity index (χ3n) is 2.09. The molecule has 106 valence electrons. The van der Waals surface area contributed by atoms with Gasteiger partial charge in [0.05, 0.1) is 13.8 Å². The first-order valence-electron chi connectivity index (χ1n) is 4.89. The van der Waals surface area contributed by atoms with Crippen molar-refractivity contribution >= 4 is 57.5 Å². The highest BCUT2D eigenvalue weighted by atomic mass is 79.9. The van der Waals surface area contributed by atoms with E-state index in [0.717, 1.165) is 0 Å². The summed E-state index contributed by atoms with van der Waals surface area (Å²) in [5, 5.41) is 0. The zero-order valence-corrected chi connectivity index (χ0v) is 14.7. The van der Waals surface area contributed by atoms with Crippen LogP contribution in [-0.2, 0) is 13.8 Å². The number of carbonyl (C=O) groups is 1. The third kappa shape index (κ3) is 4.62. The second-order valence-corrected chi connectivity index (χ2v) is 8.01. The molecule has 0 bridgehead atoms. The average molecular weight is 436 g/mol. The van der Waals surface area contributed by atoms with Crippen molar-refractivity contribution in [3.63, 3.8) is 0 Å². The molecule has 0 N–H and O–H groups in total. The molecule has 5 nitrogen and oxygen atoms in total. The molecular weight excluding hydrogens is 425 g/mol. The lowest BCUT2D eigenvalue weighted by molar-refractivity contribution is -0.130. The molecular formula is C10H10Br2ClNO4S. The molecule has 0 saturated carbocycles. The van der Waals surface area contributed by atoms with Crippen molar-refractivity contribution in [2.75, 3.05) is 20.7 Å². The standard InChI is InChI=1S/C10H10Br2ClNO4S/c1-14(2)9(15)5-18-10-7(11)3-6(4-8(10)12)19(13,16)17/h3-4H,5H2,1-2H3. The second kappa shape index (κ2) is 6.43. The van der Waals surface area contributed by atoms with Crippen LogP contribution in [-0.4, -0.2) is 39.9 Å². The Bertz CT molecular complexity index is 581. The monoisotopic (exact) mass is 433 g/mol. The zero-order valence-electron chi connectivity index (χ0n) is 9.98. The highest BCUT2D eigenvalue weighted by molar-refractivity contribution is 9.11. The van der Waals surface area contributed by atoms with Crippen molar-refractivity contribution in [3.05, 3.63) is 21.1 Å². The Kier molecular flexibility index (Phi) is 5.66. The molecule has 1 aromatic rings. The first-order valence-corrected chi connectivity index (χ1v) is 8.79. The van der Waals surface area contributed by atoms with Crippen LogP contribution in [0.15, 0.2) is 26.0 Å². The van der Waals surface area contributed by atoms with Crippen LogP contribution in [0.25, 0.3) is 0 Å². The maximum atomic E-state index is 11.4. The molecule has 0 fully saturated rings. The number of rotatable bonds is 4. The van der Waals surface area contributed by atoms with E-state index in [1.165, 1.54) is 17.0 Å². The first-order chi connectivity index (χ1) is 8.62.